The molecule has 0 amide bonds. The van der Waals surface area contributed by atoms with Crippen LogP contribution in [0.2, 0.25) is 0 Å². The van der Waals surface area contributed by atoms with Gasteiger partial charge in [-0.1, -0.05) is 68.7 Å². The Morgan fingerprint density at radius 1 is 1.16 bits per heavy atom. The van der Waals surface area contributed by atoms with Crippen LogP contribution in [0.15, 0.2) is 48.6 Å². The van der Waals surface area contributed by atoms with Crippen molar-refractivity contribution in [1.29, 1.82) is 0 Å². The molecule has 0 aromatic heterocycles. The third kappa shape index (κ3) is 8.42. The largest absolute Gasteiger partial charge is 0.463 e. The van der Waals surface area contributed by atoms with E-state index in [-0.39, 0.29) is 36.8 Å². The fourth-order valence-corrected chi connectivity index (χ4v) is 3.92. The molecule has 170 valence electrons. The molecule has 0 unspecified atom stereocenters. The van der Waals surface area contributed by atoms with Crippen molar-refractivity contribution in [3.8, 4) is 0 Å². The minimum atomic E-state index is -0.447. The van der Waals surface area contributed by atoms with Crippen molar-refractivity contribution in [2.24, 2.45) is 5.92 Å². The molecule has 1 aromatic carbocycles. The third-order valence-corrected chi connectivity index (χ3v) is 5.68. The highest BCUT2D eigenvalue weighted by Gasteiger charge is 2.30. The molecule has 0 saturated heterocycles. The van der Waals surface area contributed by atoms with E-state index in [0.29, 0.717) is 12.8 Å². The highest BCUT2D eigenvalue weighted by Crippen LogP contribution is 2.35. The lowest BCUT2D eigenvalue weighted by atomic mass is 9.85. The molecule has 0 radical (unpaired) electrons. The van der Waals surface area contributed by atoms with Gasteiger partial charge in [0, 0.05) is 6.42 Å². The number of rotatable bonds is 14. The van der Waals surface area contributed by atoms with Crippen LogP contribution in [0.25, 0.3) is 0 Å². The van der Waals surface area contributed by atoms with Crippen molar-refractivity contribution in [3.05, 3.63) is 59.7 Å². The number of benzene rings is 1. The van der Waals surface area contributed by atoms with Crippen LogP contribution in [0, 0.1) is 5.92 Å². The predicted octanol–water partition coefficient (Wildman–Crippen LogP) is 4.79. The highest BCUT2D eigenvalue weighted by atomic mass is 16.5. The van der Waals surface area contributed by atoms with Gasteiger partial charge in [0.1, 0.15) is 6.61 Å². The Kier molecular flexibility index (Phi) is 11.3. The third-order valence-electron chi connectivity index (χ3n) is 5.68. The van der Waals surface area contributed by atoms with Gasteiger partial charge in [0.2, 0.25) is 0 Å². The fourth-order valence-electron chi connectivity index (χ4n) is 3.92. The van der Waals surface area contributed by atoms with E-state index in [1.165, 1.54) is 0 Å². The number of ketones is 1. The van der Waals surface area contributed by atoms with Crippen molar-refractivity contribution in [2.45, 2.75) is 70.3 Å². The molecule has 5 nitrogen and oxygen atoms in total. The van der Waals surface area contributed by atoms with E-state index in [2.05, 4.69) is 13.0 Å². The smallest absolute Gasteiger partial charge is 0.305 e. The summed E-state index contributed by atoms with van der Waals surface area (Å²) in [4.78, 5) is 23.8. The number of aliphatic hydroxyl groups is 2. The fraction of sp³-hybridized carbons (Fsp3) is 0.538. The lowest BCUT2D eigenvalue weighted by Crippen LogP contribution is -2.13. The van der Waals surface area contributed by atoms with Crippen LogP contribution < -0.4 is 0 Å². The maximum atomic E-state index is 12.4. The van der Waals surface area contributed by atoms with Crippen molar-refractivity contribution in [3.63, 3.8) is 0 Å². The van der Waals surface area contributed by atoms with Crippen LogP contribution in [0.4, 0.5) is 0 Å². The number of esters is 1. The molecular formula is C26H36O5. The number of carbonyl (C=O) groups excluding carboxylic acids is 2. The molecule has 31 heavy (non-hydrogen) atoms. The Hall–Kier alpha value is -2.24. The van der Waals surface area contributed by atoms with Crippen molar-refractivity contribution in [1.82, 2.24) is 0 Å². The number of hydrogen-bond donors (Lipinski definition) is 2. The molecule has 0 spiro atoms. The van der Waals surface area contributed by atoms with Gasteiger partial charge >= 0.3 is 5.97 Å². The van der Waals surface area contributed by atoms with Gasteiger partial charge in [0.15, 0.2) is 5.78 Å². The molecule has 0 bridgehead atoms. The first-order valence-electron chi connectivity index (χ1n) is 11.5. The summed E-state index contributed by atoms with van der Waals surface area (Å²) in [5, 5.41) is 19.0. The predicted molar refractivity (Wildman–Crippen MR) is 122 cm³/mol. The minimum absolute atomic E-state index is 0.0525. The zero-order valence-electron chi connectivity index (χ0n) is 18.5. The molecule has 2 rings (SSSR count). The summed E-state index contributed by atoms with van der Waals surface area (Å²) in [6.07, 6.45) is 14.0. The first-order chi connectivity index (χ1) is 15.1. The van der Waals surface area contributed by atoms with Gasteiger partial charge in [-0.3, -0.25) is 9.59 Å². The first-order valence-corrected chi connectivity index (χ1v) is 11.5. The van der Waals surface area contributed by atoms with Crippen molar-refractivity contribution >= 4 is 11.8 Å². The second-order valence-corrected chi connectivity index (χ2v) is 8.12. The summed E-state index contributed by atoms with van der Waals surface area (Å²) >= 11 is 0. The van der Waals surface area contributed by atoms with Crippen LogP contribution >= 0.6 is 0 Å². The monoisotopic (exact) mass is 428 g/mol. The topological polar surface area (TPSA) is 83.8 Å². The van der Waals surface area contributed by atoms with Gasteiger partial charge in [0.05, 0.1) is 18.6 Å². The van der Waals surface area contributed by atoms with Crippen LogP contribution in [0.3, 0.4) is 0 Å². The first kappa shape index (κ1) is 25.0. The summed E-state index contributed by atoms with van der Waals surface area (Å²) in [7, 11) is 0. The standard InChI is InChI=1S/C26H36O5/c1-2-3-6-10-23(28)20-12-14-22(15-13-20)26-21(16-17-24(26)29)9-7-4-5-8-11-25(30)31-19-18-27/h4,7,12-17,21,23,26-28H,2-3,5-6,8-11,18-19H2,1H3/b7-4+/t21-,23+,26-/m0/s1. The van der Waals surface area contributed by atoms with E-state index in [1.54, 1.807) is 6.08 Å². The molecular weight excluding hydrogens is 392 g/mol. The Balaban J connectivity index is 1.82. The second-order valence-electron chi connectivity index (χ2n) is 8.12. The van der Waals surface area contributed by atoms with Crippen LogP contribution in [-0.4, -0.2) is 35.2 Å². The van der Waals surface area contributed by atoms with Crippen LogP contribution in [0.1, 0.15) is 81.4 Å². The summed E-state index contributed by atoms with van der Waals surface area (Å²) in [5.74, 6) is -0.213. The zero-order chi connectivity index (χ0) is 22.5. The number of ether oxygens (including phenoxy) is 1. The summed E-state index contributed by atoms with van der Waals surface area (Å²) in [6, 6.07) is 7.84. The van der Waals surface area contributed by atoms with Crippen molar-refractivity contribution in [2.75, 3.05) is 13.2 Å². The molecule has 0 saturated carbocycles. The highest BCUT2D eigenvalue weighted by molar-refractivity contribution is 5.98. The summed E-state index contributed by atoms with van der Waals surface area (Å²) in [6.45, 7) is 2.05. The van der Waals surface area contributed by atoms with Gasteiger partial charge in [0.25, 0.3) is 0 Å². The average Bonchev–Trinajstić information content (AvgIpc) is 3.15. The summed E-state index contributed by atoms with van der Waals surface area (Å²) in [5.41, 5.74) is 1.90. The van der Waals surface area contributed by atoms with Crippen molar-refractivity contribution < 1.29 is 24.5 Å². The number of hydrogen-bond acceptors (Lipinski definition) is 5. The van der Waals surface area contributed by atoms with E-state index in [0.717, 1.165) is 49.7 Å². The molecule has 2 N–H and O–H groups in total. The maximum absolute atomic E-state index is 12.4. The van der Waals surface area contributed by atoms with Gasteiger partial charge in [-0.15, -0.1) is 0 Å². The molecule has 0 aliphatic heterocycles. The Bertz CT molecular complexity index is 735. The van der Waals surface area contributed by atoms with Crippen LogP contribution in [-0.2, 0) is 14.3 Å². The molecule has 1 aliphatic rings. The van der Waals surface area contributed by atoms with E-state index >= 15 is 0 Å². The Morgan fingerprint density at radius 2 is 1.94 bits per heavy atom. The quantitative estimate of drug-likeness (QED) is 0.253. The van der Waals surface area contributed by atoms with E-state index in [1.807, 2.05) is 36.4 Å². The van der Waals surface area contributed by atoms with E-state index in [4.69, 9.17) is 9.84 Å². The van der Waals surface area contributed by atoms with Gasteiger partial charge < -0.3 is 14.9 Å². The molecule has 0 heterocycles. The van der Waals surface area contributed by atoms with Gasteiger partial charge in [-0.05, 0) is 48.8 Å². The average molecular weight is 429 g/mol. The second kappa shape index (κ2) is 13.9. The Morgan fingerprint density at radius 3 is 2.65 bits per heavy atom. The number of unbranched alkanes of at least 4 members (excludes halogenated alkanes) is 3. The SMILES string of the molecule is CCCCC[C@@H](O)c1ccc([C@H]2C(=O)C=C[C@@H]2C/C=C/CCCC(=O)OCCO)cc1. The lowest BCUT2D eigenvalue weighted by Gasteiger charge is -2.18. The van der Waals surface area contributed by atoms with Crippen LogP contribution in [0.5, 0.6) is 0 Å². The zero-order valence-corrected chi connectivity index (χ0v) is 18.5. The van der Waals surface area contributed by atoms with E-state index < -0.39 is 6.10 Å². The summed E-state index contributed by atoms with van der Waals surface area (Å²) < 4.78 is 4.83. The van der Waals surface area contributed by atoms with E-state index in [9.17, 15) is 14.7 Å². The number of carbonyl (C=O) groups is 2. The molecule has 0 fully saturated rings. The molecule has 5 heteroatoms. The number of allylic oxidation sites excluding steroid dienone is 4. The molecule has 3 atom stereocenters. The normalized spacial score (nSPS) is 19.3. The maximum Gasteiger partial charge on any atom is 0.305 e. The Labute approximate surface area is 185 Å². The molecule has 1 aliphatic carbocycles. The van der Waals surface area contributed by atoms with Gasteiger partial charge in [-0.2, -0.15) is 0 Å². The van der Waals surface area contributed by atoms with Gasteiger partial charge in [-0.25, -0.2) is 0 Å². The minimum Gasteiger partial charge on any atom is -0.463 e. The lowest BCUT2D eigenvalue weighted by molar-refractivity contribution is -0.144. The number of aliphatic hydroxyl groups excluding tert-OH is 2. The molecule has 1 aromatic rings.